The van der Waals surface area contributed by atoms with Crippen molar-refractivity contribution in [3.8, 4) is 11.5 Å². The summed E-state index contributed by atoms with van der Waals surface area (Å²) in [5.41, 5.74) is 0.475. The smallest absolute Gasteiger partial charge is 0.263 e. The minimum atomic E-state index is -0.670. The largest absolute Gasteiger partial charge is 0.508 e. The Hall–Kier alpha value is -2.44. The van der Waals surface area contributed by atoms with Crippen molar-refractivity contribution in [2.45, 2.75) is 19.4 Å². The maximum atomic E-state index is 12.8. The third kappa shape index (κ3) is 5.34. The topological polar surface area (TPSA) is 70.1 Å². The fraction of sp³-hybridized carbons (Fsp3) is 0.333. The molecule has 1 aliphatic heterocycles. The zero-order chi connectivity index (χ0) is 21.0. The minimum Gasteiger partial charge on any atom is -0.508 e. The van der Waals surface area contributed by atoms with E-state index in [1.54, 1.807) is 47.1 Å². The monoisotopic (exact) mass is 436 g/mol. The van der Waals surface area contributed by atoms with E-state index in [0.717, 1.165) is 0 Å². The second-order valence-corrected chi connectivity index (χ2v) is 7.67. The van der Waals surface area contributed by atoms with Crippen molar-refractivity contribution < 1.29 is 19.4 Å². The Bertz CT molecular complexity index is 889. The molecule has 0 spiro atoms. The lowest BCUT2D eigenvalue weighted by Crippen LogP contribution is -2.43. The van der Waals surface area contributed by atoms with Crippen LogP contribution >= 0.6 is 23.2 Å². The van der Waals surface area contributed by atoms with Crippen LogP contribution in [0.5, 0.6) is 11.5 Å². The second kappa shape index (κ2) is 9.37. The number of hydrogen-bond donors (Lipinski definition) is 1. The number of hydrogen-bond acceptors (Lipinski definition) is 4. The highest BCUT2D eigenvalue weighted by Gasteiger charge is 2.26. The standard InChI is InChI=1S/C21H22Cl2N2O4/c1-14(29-17-6-4-16(26)5-7-17)20(27)24-9-2-10-25(12-11-24)21(28)15-3-8-18(22)19(23)13-15/h3-8,13-14,26H,2,9-12H2,1H3. The molecule has 29 heavy (non-hydrogen) atoms. The Kier molecular flexibility index (Phi) is 6.87. The highest BCUT2D eigenvalue weighted by atomic mass is 35.5. The van der Waals surface area contributed by atoms with E-state index < -0.39 is 6.10 Å². The average Bonchev–Trinajstić information content (AvgIpc) is 2.97. The van der Waals surface area contributed by atoms with Crippen molar-refractivity contribution in [1.82, 2.24) is 9.80 Å². The molecule has 1 N–H and O–H groups in total. The predicted octanol–water partition coefficient (Wildman–Crippen LogP) is 3.84. The Balaban J connectivity index is 1.59. The molecule has 8 heteroatoms. The van der Waals surface area contributed by atoms with Gasteiger partial charge >= 0.3 is 0 Å². The molecule has 3 rings (SSSR count). The van der Waals surface area contributed by atoms with Gasteiger partial charge in [0, 0.05) is 31.7 Å². The van der Waals surface area contributed by atoms with Crippen LogP contribution in [-0.2, 0) is 4.79 Å². The number of phenols is 1. The second-order valence-electron chi connectivity index (χ2n) is 6.85. The van der Waals surface area contributed by atoms with Crippen molar-refractivity contribution in [3.63, 3.8) is 0 Å². The highest BCUT2D eigenvalue weighted by Crippen LogP contribution is 2.24. The summed E-state index contributed by atoms with van der Waals surface area (Å²) in [4.78, 5) is 29.0. The van der Waals surface area contributed by atoms with E-state index in [-0.39, 0.29) is 17.6 Å². The van der Waals surface area contributed by atoms with E-state index in [4.69, 9.17) is 27.9 Å². The first kappa shape index (κ1) is 21.3. The van der Waals surface area contributed by atoms with Crippen molar-refractivity contribution in [1.29, 1.82) is 0 Å². The number of phenolic OH excluding ortho intramolecular Hbond substituents is 1. The molecular weight excluding hydrogens is 415 g/mol. The Labute approximate surface area is 179 Å². The SMILES string of the molecule is CC(Oc1ccc(O)cc1)C(=O)N1CCCN(C(=O)c2ccc(Cl)c(Cl)c2)CC1. The fourth-order valence-electron chi connectivity index (χ4n) is 3.19. The van der Waals surface area contributed by atoms with Crippen molar-refractivity contribution in [2.24, 2.45) is 0 Å². The van der Waals surface area contributed by atoms with Gasteiger partial charge in [0.2, 0.25) is 0 Å². The first-order valence-corrected chi connectivity index (χ1v) is 10.1. The number of amides is 2. The molecular formula is C21H22Cl2N2O4. The first-order valence-electron chi connectivity index (χ1n) is 9.34. The molecule has 1 heterocycles. The summed E-state index contributed by atoms with van der Waals surface area (Å²) in [5.74, 6) is 0.374. The van der Waals surface area contributed by atoms with Crippen LogP contribution in [0.25, 0.3) is 0 Å². The quantitative estimate of drug-likeness (QED) is 0.789. The van der Waals surface area contributed by atoms with Crippen LogP contribution in [0.15, 0.2) is 42.5 Å². The number of carbonyl (C=O) groups is 2. The average molecular weight is 437 g/mol. The predicted molar refractivity (Wildman–Crippen MR) is 112 cm³/mol. The Morgan fingerprint density at radius 1 is 0.966 bits per heavy atom. The van der Waals surface area contributed by atoms with E-state index in [0.29, 0.717) is 54.0 Å². The number of halogens is 2. The molecule has 0 aromatic heterocycles. The Morgan fingerprint density at radius 2 is 1.62 bits per heavy atom. The molecule has 0 radical (unpaired) electrons. The van der Waals surface area contributed by atoms with E-state index >= 15 is 0 Å². The first-order chi connectivity index (χ1) is 13.8. The molecule has 1 saturated heterocycles. The van der Waals surface area contributed by atoms with Gasteiger partial charge in [-0.1, -0.05) is 23.2 Å². The zero-order valence-electron chi connectivity index (χ0n) is 16.0. The highest BCUT2D eigenvalue weighted by molar-refractivity contribution is 6.42. The normalized spacial score (nSPS) is 15.6. The van der Waals surface area contributed by atoms with Crippen molar-refractivity contribution >= 4 is 35.0 Å². The molecule has 1 unspecified atom stereocenters. The summed E-state index contributed by atoms with van der Waals surface area (Å²) in [6.45, 7) is 3.65. The molecule has 154 valence electrons. The number of aromatic hydroxyl groups is 1. The van der Waals surface area contributed by atoms with Gasteiger partial charge in [-0.15, -0.1) is 0 Å². The van der Waals surface area contributed by atoms with E-state index in [1.165, 1.54) is 12.1 Å². The third-order valence-corrected chi connectivity index (χ3v) is 5.50. The van der Waals surface area contributed by atoms with Gasteiger partial charge in [-0.2, -0.15) is 0 Å². The number of carbonyl (C=O) groups excluding carboxylic acids is 2. The van der Waals surface area contributed by atoms with E-state index in [9.17, 15) is 14.7 Å². The molecule has 2 aromatic rings. The van der Waals surface area contributed by atoms with Crippen LogP contribution in [0.2, 0.25) is 10.0 Å². The zero-order valence-corrected chi connectivity index (χ0v) is 17.5. The summed E-state index contributed by atoms with van der Waals surface area (Å²) < 4.78 is 5.68. The van der Waals surface area contributed by atoms with Gasteiger partial charge in [-0.25, -0.2) is 0 Å². The summed E-state index contributed by atoms with van der Waals surface area (Å²) in [7, 11) is 0. The number of rotatable bonds is 4. The van der Waals surface area contributed by atoms with Crippen LogP contribution in [0.3, 0.4) is 0 Å². The van der Waals surface area contributed by atoms with Crippen LogP contribution in [0, 0.1) is 0 Å². The minimum absolute atomic E-state index is 0.133. The number of ether oxygens (including phenoxy) is 1. The van der Waals surface area contributed by atoms with Crippen molar-refractivity contribution in [2.75, 3.05) is 26.2 Å². The van der Waals surface area contributed by atoms with Crippen LogP contribution in [-0.4, -0.2) is 59.0 Å². The Morgan fingerprint density at radius 3 is 2.31 bits per heavy atom. The molecule has 1 atom stereocenters. The maximum Gasteiger partial charge on any atom is 0.263 e. The van der Waals surface area contributed by atoms with Crippen LogP contribution in [0.1, 0.15) is 23.7 Å². The van der Waals surface area contributed by atoms with Crippen LogP contribution < -0.4 is 4.74 Å². The lowest BCUT2D eigenvalue weighted by atomic mass is 10.2. The van der Waals surface area contributed by atoms with E-state index in [2.05, 4.69) is 0 Å². The summed E-state index contributed by atoms with van der Waals surface area (Å²) in [6, 6.07) is 11.0. The lowest BCUT2D eigenvalue weighted by molar-refractivity contribution is -0.137. The molecule has 1 aliphatic rings. The van der Waals surface area contributed by atoms with Gasteiger partial charge in [0.15, 0.2) is 6.10 Å². The third-order valence-electron chi connectivity index (χ3n) is 4.76. The molecule has 0 saturated carbocycles. The summed E-state index contributed by atoms with van der Waals surface area (Å²) in [6.07, 6.45) is 0.00179. The molecule has 0 bridgehead atoms. The number of nitrogens with zero attached hydrogens (tertiary/aromatic N) is 2. The van der Waals surface area contributed by atoms with Gasteiger partial charge < -0.3 is 19.6 Å². The van der Waals surface area contributed by atoms with Gasteiger partial charge in [0.1, 0.15) is 11.5 Å². The van der Waals surface area contributed by atoms with E-state index in [1.807, 2.05) is 0 Å². The van der Waals surface area contributed by atoms with Gasteiger partial charge in [0.25, 0.3) is 11.8 Å². The molecule has 6 nitrogen and oxygen atoms in total. The summed E-state index contributed by atoms with van der Waals surface area (Å²) in [5, 5.41) is 10.1. The molecule has 0 aliphatic carbocycles. The number of benzene rings is 2. The molecule has 2 amide bonds. The maximum absolute atomic E-state index is 12.8. The van der Waals surface area contributed by atoms with Crippen molar-refractivity contribution in [3.05, 3.63) is 58.1 Å². The van der Waals surface area contributed by atoms with Gasteiger partial charge in [0.05, 0.1) is 10.0 Å². The fourth-order valence-corrected chi connectivity index (χ4v) is 3.49. The van der Waals surface area contributed by atoms with Crippen LogP contribution in [0.4, 0.5) is 0 Å². The van der Waals surface area contributed by atoms with Gasteiger partial charge in [-0.05, 0) is 55.8 Å². The lowest BCUT2D eigenvalue weighted by Gasteiger charge is -2.25. The molecule has 1 fully saturated rings. The summed E-state index contributed by atoms with van der Waals surface area (Å²) >= 11 is 11.9. The van der Waals surface area contributed by atoms with Gasteiger partial charge in [-0.3, -0.25) is 9.59 Å². The molecule has 2 aromatic carbocycles.